The maximum absolute atomic E-state index is 12.0. The number of para-hydroxylation sites is 2. The van der Waals surface area contributed by atoms with Crippen LogP contribution >= 0.6 is 24.0 Å². The first-order valence-electron chi connectivity index (χ1n) is 8.29. The number of anilines is 2. The molecule has 146 valence electrons. The Balaban J connectivity index is 0.00000280. The van der Waals surface area contributed by atoms with E-state index in [1.807, 2.05) is 42.5 Å². The Bertz CT molecular complexity index is 942. The SMILES string of the molecule is COc1ccccc1NC(N)=NCc1cccc(NC(=O)c2ccco2)c1.I. The van der Waals surface area contributed by atoms with E-state index in [1.165, 1.54) is 6.26 Å². The number of carbonyl (C=O) groups excluding carboxylic acids is 1. The quantitative estimate of drug-likeness (QED) is 0.274. The molecule has 4 N–H and O–H groups in total. The number of aliphatic imine (C=N–C) groups is 1. The summed E-state index contributed by atoms with van der Waals surface area (Å²) in [7, 11) is 1.59. The lowest BCUT2D eigenvalue weighted by atomic mass is 10.2. The van der Waals surface area contributed by atoms with Crippen molar-refractivity contribution in [1.82, 2.24) is 0 Å². The highest BCUT2D eigenvalue weighted by atomic mass is 127. The maximum Gasteiger partial charge on any atom is 0.291 e. The fraction of sp³-hybridized carbons (Fsp3) is 0.100. The molecule has 0 aliphatic carbocycles. The predicted octanol–water partition coefficient (Wildman–Crippen LogP) is 4.09. The van der Waals surface area contributed by atoms with Crippen LogP contribution in [0.2, 0.25) is 0 Å². The fourth-order valence-corrected chi connectivity index (χ4v) is 2.45. The molecular formula is C20H21IN4O3. The first kappa shape index (κ1) is 21.3. The van der Waals surface area contributed by atoms with Gasteiger partial charge in [-0.3, -0.25) is 4.79 Å². The van der Waals surface area contributed by atoms with Gasteiger partial charge in [0.2, 0.25) is 0 Å². The summed E-state index contributed by atoms with van der Waals surface area (Å²) in [5, 5.41) is 5.80. The molecule has 1 amide bonds. The predicted molar refractivity (Wildman–Crippen MR) is 120 cm³/mol. The molecule has 0 unspecified atom stereocenters. The molecule has 0 aliphatic rings. The molecule has 0 bridgehead atoms. The van der Waals surface area contributed by atoms with E-state index in [0.29, 0.717) is 18.0 Å². The minimum atomic E-state index is -0.307. The number of methoxy groups -OCH3 is 1. The van der Waals surface area contributed by atoms with E-state index in [4.69, 9.17) is 14.9 Å². The third-order valence-corrected chi connectivity index (χ3v) is 3.73. The molecule has 2 aromatic carbocycles. The average Bonchev–Trinajstić information content (AvgIpc) is 3.22. The Morgan fingerprint density at radius 1 is 1.11 bits per heavy atom. The molecule has 0 saturated heterocycles. The van der Waals surface area contributed by atoms with Gasteiger partial charge in [-0.25, -0.2) is 4.99 Å². The maximum atomic E-state index is 12.0. The van der Waals surface area contributed by atoms with E-state index in [2.05, 4.69) is 15.6 Å². The minimum Gasteiger partial charge on any atom is -0.495 e. The lowest BCUT2D eigenvalue weighted by Gasteiger charge is -2.10. The first-order chi connectivity index (χ1) is 13.2. The molecular weight excluding hydrogens is 471 g/mol. The van der Waals surface area contributed by atoms with Gasteiger partial charge in [-0.2, -0.15) is 0 Å². The molecule has 0 atom stereocenters. The van der Waals surface area contributed by atoms with Crippen LogP contribution in [0.15, 0.2) is 76.3 Å². The number of carbonyl (C=O) groups is 1. The van der Waals surface area contributed by atoms with Crippen molar-refractivity contribution in [1.29, 1.82) is 0 Å². The van der Waals surface area contributed by atoms with E-state index in [-0.39, 0.29) is 41.6 Å². The number of nitrogens with one attached hydrogen (secondary N) is 2. The van der Waals surface area contributed by atoms with Crippen molar-refractivity contribution in [2.75, 3.05) is 17.7 Å². The zero-order valence-corrected chi connectivity index (χ0v) is 17.5. The van der Waals surface area contributed by atoms with Crippen molar-refractivity contribution in [2.45, 2.75) is 6.54 Å². The molecule has 0 radical (unpaired) electrons. The van der Waals surface area contributed by atoms with Gasteiger partial charge in [-0.1, -0.05) is 24.3 Å². The Morgan fingerprint density at radius 2 is 1.93 bits per heavy atom. The number of nitrogens with zero attached hydrogens (tertiary/aromatic N) is 1. The van der Waals surface area contributed by atoms with Crippen molar-refractivity contribution < 1.29 is 13.9 Å². The molecule has 3 rings (SSSR count). The largest absolute Gasteiger partial charge is 0.495 e. The number of ether oxygens (including phenoxy) is 1. The molecule has 1 aromatic heterocycles. The second-order valence-corrected chi connectivity index (χ2v) is 5.66. The van der Waals surface area contributed by atoms with Crippen molar-refractivity contribution >= 4 is 47.2 Å². The van der Waals surface area contributed by atoms with Crippen LogP contribution in [-0.4, -0.2) is 19.0 Å². The van der Waals surface area contributed by atoms with Gasteiger partial charge in [0.05, 0.1) is 25.6 Å². The second kappa shape index (κ2) is 10.4. The number of amides is 1. The Morgan fingerprint density at radius 3 is 2.68 bits per heavy atom. The number of hydrogen-bond acceptors (Lipinski definition) is 4. The average molecular weight is 492 g/mol. The van der Waals surface area contributed by atoms with Crippen LogP contribution in [0, 0.1) is 0 Å². The number of hydrogen-bond donors (Lipinski definition) is 3. The highest BCUT2D eigenvalue weighted by Gasteiger charge is 2.08. The zero-order valence-electron chi connectivity index (χ0n) is 15.2. The molecule has 0 fully saturated rings. The summed E-state index contributed by atoms with van der Waals surface area (Å²) in [5.74, 6) is 0.893. The zero-order chi connectivity index (χ0) is 19.1. The van der Waals surface area contributed by atoms with Gasteiger partial charge in [0, 0.05) is 5.69 Å². The minimum absolute atomic E-state index is 0. The molecule has 0 aliphatic heterocycles. The van der Waals surface area contributed by atoms with Crippen molar-refractivity contribution in [3.05, 3.63) is 78.3 Å². The number of rotatable bonds is 6. The lowest BCUT2D eigenvalue weighted by Crippen LogP contribution is -2.22. The summed E-state index contributed by atoms with van der Waals surface area (Å²) in [6.07, 6.45) is 1.46. The van der Waals surface area contributed by atoms with Crippen molar-refractivity contribution in [2.24, 2.45) is 10.7 Å². The third kappa shape index (κ3) is 5.74. The van der Waals surface area contributed by atoms with E-state index in [9.17, 15) is 4.79 Å². The summed E-state index contributed by atoms with van der Waals surface area (Å²) in [6.45, 7) is 0.360. The van der Waals surface area contributed by atoms with Gasteiger partial charge >= 0.3 is 0 Å². The molecule has 0 spiro atoms. The molecule has 8 heteroatoms. The standard InChI is InChI=1S/C20H20N4O3.HI/c1-26-17-9-3-2-8-16(17)24-20(21)22-13-14-6-4-7-15(12-14)23-19(25)18-10-5-11-27-18;/h2-12H,13H2,1H3,(H,23,25)(H3,21,22,24);1H. The Labute approximate surface area is 180 Å². The van der Waals surface area contributed by atoms with Gasteiger partial charge in [-0.05, 0) is 42.0 Å². The van der Waals surface area contributed by atoms with Crippen LogP contribution in [0.25, 0.3) is 0 Å². The van der Waals surface area contributed by atoms with E-state index >= 15 is 0 Å². The lowest BCUT2D eigenvalue weighted by molar-refractivity contribution is 0.0996. The van der Waals surface area contributed by atoms with Gasteiger partial charge < -0.3 is 25.5 Å². The third-order valence-electron chi connectivity index (χ3n) is 3.73. The highest BCUT2D eigenvalue weighted by molar-refractivity contribution is 14.0. The van der Waals surface area contributed by atoms with Crippen LogP contribution in [-0.2, 0) is 6.54 Å². The van der Waals surface area contributed by atoms with Gasteiger partial charge in [-0.15, -0.1) is 24.0 Å². The van der Waals surface area contributed by atoms with Crippen LogP contribution in [0.4, 0.5) is 11.4 Å². The Kier molecular flexibility index (Phi) is 7.88. The van der Waals surface area contributed by atoms with Gasteiger partial charge in [0.1, 0.15) is 5.75 Å². The summed E-state index contributed by atoms with van der Waals surface area (Å²) in [6, 6.07) is 18.1. The van der Waals surface area contributed by atoms with Crippen molar-refractivity contribution in [3.63, 3.8) is 0 Å². The van der Waals surface area contributed by atoms with Crippen molar-refractivity contribution in [3.8, 4) is 5.75 Å². The summed E-state index contributed by atoms with van der Waals surface area (Å²) >= 11 is 0. The first-order valence-corrected chi connectivity index (χ1v) is 8.29. The van der Waals surface area contributed by atoms with Gasteiger partial charge in [0.25, 0.3) is 5.91 Å². The van der Waals surface area contributed by atoms with E-state index in [0.717, 1.165) is 11.3 Å². The van der Waals surface area contributed by atoms with E-state index in [1.54, 1.807) is 25.3 Å². The van der Waals surface area contributed by atoms with Gasteiger partial charge in [0.15, 0.2) is 11.7 Å². The molecule has 0 saturated carbocycles. The number of nitrogens with two attached hydrogens (primary N) is 1. The molecule has 7 nitrogen and oxygen atoms in total. The summed E-state index contributed by atoms with van der Waals surface area (Å²) in [5.41, 5.74) is 8.25. The van der Waals surface area contributed by atoms with Crippen LogP contribution in [0.3, 0.4) is 0 Å². The highest BCUT2D eigenvalue weighted by Crippen LogP contribution is 2.22. The van der Waals surface area contributed by atoms with Crippen LogP contribution in [0.5, 0.6) is 5.75 Å². The number of benzene rings is 2. The normalized spacial score (nSPS) is 10.7. The molecule has 3 aromatic rings. The van der Waals surface area contributed by atoms with E-state index < -0.39 is 0 Å². The number of furan rings is 1. The molecule has 1 heterocycles. The fourth-order valence-electron chi connectivity index (χ4n) is 2.45. The number of halogens is 1. The van der Waals surface area contributed by atoms with Crippen LogP contribution < -0.4 is 21.1 Å². The summed E-state index contributed by atoms with van der Waals surface area (Å²) < 4.78 is 10.4. The summed E-state index contributed by atoms with van der Waals surface area (Å²) in [4.78, 5) is 16.4. The molecule has 28 heavy (non-hydrogen) atoms. The Hall–Kier alpha value is -3.01. The topological polar surface area (TPSA) is 102 Å². The van der Waals surface area contributed by atoms with Crippen LogP contribution in [0.1, 0.15) is 16.1 Å². The second-order valence-electron chi connectivity index (χ2n) is 5.66. The monoisotopic (exact) mass is 492 g/mol. The smallest absolute Gasteiger partial charge is 0.291 e. The number of guanidine groups is 1.